The second-order valence-electron chi connectivity index (χ2n) is 5.39. The SMILES string of the molecule is COc1ccc(NC(=O)NCc2cc(C(=O)O)c(NC(=O)C(=O)O)s2)c(OC)c1. The van der Waals surface area contributed by atoms with Gasteiger partial charge in [0.25, 0.3) is 0 Å². The van der Waals surface area contributed by atoms with Gasteiger partial charge in [-0.25, -0.2) is 14.4 Å². The zero-order chi connectivity index (χ0) is 21.6. The fraction of sp³-hybridized carbons (Fsp3) is 0.176. The lowest BCUT2D eigenvalue weighted by Gasteiger charge is -2.12. The Bertz CT molecular complexity index is 956. The number of ether oxygens (including phenoxy) is 2. The van der Waals surface area contributed by atoms with Crippen LogP contribution in [0.5, 0.6) is 11.5 Å². The number of carboxylic acid groups (broad SMARTS) is 2. The molecule has 0 atom stereocenters. The quantitative estimate of drug-likeness (QED) is 0.421. The average Bonchev–Trinajstić information content (AvgIpc) is 3.09. The number of methoxy groups -OCH3 is 2. The predicted molar refractivity (Wildman–Crippen MR) is 103 cm³/mol. The third-order valence-corrected chi connectivity index (χ3v) is 4.57. The van der Waals surface area contributed by atoms with E-state index < -0.39 is 23.9 Å². The predicted octanol–water partition coefficient (Wildman–Crippen LogP) is 1.81. The first-order valence-electron chi connectivity index (χ1n) is 7.92. The van der Waals surface area contributed by atoms with Gasteiger partial charge < -0.3 is 35.6 Å². The molecule has 2 aromatic rings. The summed E-state index contributed by atoms with van der Waals surface area (Å²) in [5, 5.41) is 24.8. The number of amides is 3. The summed E-state index contributed by atoms with van der Waals surface area (Å²) < 4.78 is 10.3. The monoisotopic (exact) mass is 423 g/mol. The van der Waals surface area contributed by atoms with E-state index in [2.05, 4.69) is 10.6 Å². The molecule has 0 aliphatic rings. The van der Waals surface area contributed by atoms with Crippen LogP contribution in [0.4, 0.5) is 15.5 Å². The molecule has 0 bridgehead atoms. The van der Waals surface area contributed by atoms with Gasteiger partial charge in [0, 0.05) is 10.9 Å². The molecule has 3 amide bonds. The summed E-state index contributed by atoms with van der Waals surface area (Å²) in [5.74, 6) is -3.54. The summed E-state index contributed by atoms with van der Waals surface area (Å²) in [5.41, 5.74) is 0.108. The maximum atomic E-state index is 12.1. The minimum absolute atomic E-state index is 0.0573. The first-order chi connectivity index (χ1) is 13.7. The zero-order valence-corrected chi connectivity index (χ0v) is 16.1. The largest absolute Gasteiger partial charge is 0.497 e. The fourth-order valence-electron chi connectivity index (χ4n) is 2.17. The number of anilines is 2. The van der Waals surface area contributed by atoms with Gasteiger partial charge in [-0.3, -0.25) is 4.79 Å². The number of benzene rings is 1. The number of aromatic carboxylic acids is 1. The number of carboxylic acids is 2. The summed E-state index contributed by atoms with van der Waals surface area (Å²) in [7, 11) is 2.93. The Morgan fingerprint density at radius 3 is 2.34 bits per heavy atom. The lowest BCUT2D eigenvalue weighted by atomic mass is 10.2. The highest BCUT2D eigenvalue weighted by atomic mass is 32.1. The van der Waals surface area contributed by atoms with E-state index in [4.69, 9.17) is 14.6 Å². The number of nitrogens with one attached hydrogen (secondary N) is 3. The van der Waals surface area contributed by atoms with Crippen molar-refractivity contribution >= 4 is 45.9 Å². The number of hydrogen-bond donors (Lipinski definition) is 5. The summed E-state index contributed by atoms with van der Waals surface area (Å²) >= 11 is 0.835. The molecule has 0 aliphatic heterocycles. The van der Waals surface area contributed by atoms with E-state index in [1.165, 1.54) is 20.3 Å². The lowest BCUT2D eigenvalue weighted by Crippen LogP contribution is -2.28. The third-order valence-electron chi connectivity index (χ3n) is 3.51. The zero-order valence-electron chi connectivity index (χ0n) is 15.3. The van der Waals surface area contributed by atoms with Crippen LogP contribution in [0, 0.1) is 0 Å². The molecule has 12 heteroatoms. The highest BCUT2D eigenvalue weighted by molar-refractivity contribution is 7.16. The maximum absolute atomic E-state index is 12.1. The number of carbonyl (C=O) groups excluding carboxylic acids is 2. The standard InChI is InChI=1S/C17H17N3O8S/c1-27-8-3-4-11(12(5-8)28-2)19-17(26)18-7-9-6-10(15(22)23)14(29-9)20-13(21)16(24)25/h3-6H,7H2,1-2H3,(H,20,21)(H,22,23)(H,24,25)(H2,18,19,26). The van der Waals surface area contributed by atoms with Gasteiger partial charge in [-0.15, -0.1) is 11.3 Å². The first-order valence-corrected chi connectivity index (χ1v) is 8.74. The minimum atomic E-state index is -1.75. The van der Waals surface area contributed by atoms with Gasteiger partial charge in [-0.2, -0.15) is 0 Å². The second kappa shape index (κ2) is 9.41. The first kappa shape index (κ1) is 21.5. The number of rotatable bonds is 7. The van der Waals surface area contributed by atoms with Crippen molar-refractivity contribution in [3.05, 3.63) is 34.7 Å². The number of carbonyl (C=O) groups is 4. The molecule has 0 fully saturated rings. The van der Waals surface area contributed by atoms with Crippen LogP contribution < -0.4 is 25.4 Å². The molecular formula is C17H17N3O8S. The molecule has 0 saturated heterocycles. The van der Waals surface area contributed by atoms with Crippen molar-refractivity contribution in [3.63, 3.8) is 0 Å². The topological polar surface area (TPSA) is 163 Å². The van der Waals surface area contributed by atoms with E-state index in [1.54, 1.807) is 18.2 Å². The van der Waals surface area contributed by atoms with Gasteiger partial charge in [0.05, 0.1) is 32.0 Å². The molecule has 1 aromatic carbocycles. The molecule has 0 spiro atoms. The number of hydrogen-bond acceptors (Lipinski definition) is 7. The van der Waals surface area contributed by atoms with Crippen molar-refractivity contribution in [1.82, 2.24) is 5.32 Å². The normalized spacial score (nSPS) is 10.0. The molecule has 0 saturated carbocycles. The van der Waals surface area contributed by atoms with E-state index in [9.17, 15) is 24.3 Å². The minimum Gasteiger partial charge on any atom is -0.497 e. The van der Waals surface area contributed by atoms with E-state index in [0.29, 0.717) is 22.1 Å². The highest BCUT2D eigenvalue weighted by Gasteiger charge is 2.20. The van der Waals surface area contributed by atoms with Crippen LogP contribution in [-0.4, -0.2) is 48.3 Å². The van der Waals surface area contributed by atoms with Crippen molar-refractivity contribution in [2.24, 2.45) is 0 Å². The Morgan fingerprint density at radius 2 is 1.76 bits per heavy atom. The van der Waals surface area contributed by atoms with E-state index >= 15 is 0 Å². The Hall–Kier alpha value is -3.80. The number of urea groups is 1. The molecule has 0 radical (unpaired) electrons. The van der Waals surface area contributed by atoms with Gasteiger partial charge in [0.15, 0.2) is 0 Å². The van der Waals surface area contributed by atoms with Gasteiger partial charge >= 0.3 is 23.9 Å². The number of aliphatic carboxylic acids is 1. The maximum Gasteiger partial charge on any atom is 0.394 e. The van der Waals surface area contributed by atoms with Gasteiger partial charge in [-0.1, -0.05) is 0 Å². The average molecular weight is 423 g/mol. The van der Waals surface area contributed by atoms with Crippen LogP contribution in [0.1, 0.15) is 15.2 Å². The molecule has 0 aliphatic carbocycles. The van der Waals surface area contributed by atoms with Crippen molar-refractivity contribution < 1.29 is 38.9 Å². The van der Waals surface area contributed by atoms with Crippen molar-refractivity contribution in [2.75, 3.05) is 24.9 Å². The smallest absolute Gasteiger partial charge is 0.394 e. The molecular weight excluding hydrogens is 406 g/mol. The third kappa shape index (κ3) is 5.59. The van der Waals surface area contributed by atoms with Gasteiger partial charge in [0.2, 0.25) is 0 Å². The molecule has 154 valence electrons. The van der Waals surface area contributed by atoms with Gasteiger partial charge in [0.1, 0.15) is 16.5 Å². The Morgan fingerprint density at radius 1 is 1.03 bits per heavy atom. The van der Waals surface area contributed by atoms with Crippen LogP contribution in [-0.2, 0) is 16.1 Å². The molecule has 29 heavy (non-hydrogen) atoms. The van der Waals surface area contributed by atoms with Crippen LogP contribution in [0.25, 0.3) is 0 Å². The van der Waals surface area contributed by atoms with Crippen LogP contribution in [0.15, 0.2) is 24.3 Å². The van der Waals surface area contributed by atoms with E-state index in [0.717, 1.165) is 11.3 Å². The highest BCUT2D eigenvalue weighted by Crippen LogP contribution is 2.30. The van der Waals surface area contributed by atoms with Crippen LogP contribution in [0.3, 0.4) is 0 Å². The Kier molecular flexibility index (Phi) is 6.98. The second-order valence-corrected chi connectivity index (χ2v) is 6.53. The van der Waals surface area contributed by atoms with Gasteiger partial charge in [-0.05, 0) is 18.2 Å². The molecule has 1 heterocycles. The summed E-state index contributed by atoms with van der Waals surface area (Å²) in [6.45, 7) is -0.0573. The Labute approximate surface area is 168 Å². The molecule has 1 aromatic heterocycles. The molecule has 0 unspecified atom stereocenters. The molecule has 2 rings (SSSR count). The molecule has 5 N–H and O–H groups in total. The fourth-order valence-corrected chi connectivity index (χ4v) is 3.16. The summed E-state index contributed by atoms with van der Waals surface area (Å²) in [4.78, 5) is 45.7. The lowest BCUT2D eigenvalue weighted by molar-refractivity contribution is -0.147. The summed E-state index contributed by atoms with van der Waals surface area (Å²) in [6.07, 6.45) is 0. The van der Waals surface area contributed by atoms with Crippen LogP contribution in [0.2, 0.25) is 0 Å². The van der Waals surface area contributed by atoms with Crippen molar-refractivity contribution in [1.29, 1.82) is 0 Å². The van der Waals surface area contributed by atoms with Crippen molar-refractivity contribution in [3.8, 4) is 11.5 Å². The van der Waals surface area contributed by atoms with E-state index in [1.807, 2.05) is 5.32 Å². The summed E-state index contributed by atoms with van der Waals surface area (Å²) in [6, 6.07) is 5.46. The Balaban J connectivity index is 2.06. The molecule has 11 nitrogen and oxygen atoms in total. The van der Waals surface area contributed by atoms with Crippen molar-refractivity contribution in [2.45, 2.75) is 6.54 Å². The van der Waals surface area contributed by atoms with E-state index in [-0.39, 0.29) is 17.1 Å². The van der Waals surface area contributed by atoms with Crippen LogP contribution >= 0.6 is 11.3 Å². The number of thiophene rings is 1.